The van der Waals surface area contributed by atoms with Gasteiger partial charge in [0.25, 0.3) is 0 Å². The summed E-state index contributed by atoms with van der Waals surface area (Å²) in [5, 5.41) is 9.63. The van der Waals surface area contributed by atoms with Crippen molar-refractivity contribution in [2.45, 2.75) is 6.54 Å². The summed E-state index contributed by atoms with van der Waals surface area (Å²) in [5.74, 6) is 0. The van der Waals surface area contributed by atoms with Gasteiger partial charge in [-0.3, -0.25) is 4.90 Å². The smallest absolute Gasteiger partial charge is 0.0558 e. The zero-order chi connectivity index (χ0) is 11.1. The molecule has 0 aliphatic rings. The summed E-state index contributed by atoms with van der Waals surface area (Å²) in [6.45, 7) is 6.11. The summed E-state index contributed by atoms with van der Waals surface area (Å²) in [4.78, 5) is 2.12. The van der Waals surface area contributed by atoms with E-state index in [1.54, 1.807) is 0 Å². The number of benzene rings is 1. The number of aliphatic hydroxyl groups is 1. The van der Waals surface area contributed by atoms with Gasteiger partial charge in [0, 0.05) is 24.7 Å². The second-order valence-electron chi connectivity index (χ2n) is 3.37. The maximum atomic E-state index is 8.89. The summed E-state index contributed by atoms with van der Waals surface area (Å²) >= 11 is 5.80. The molecule has 0 saturated heterocycles. The molecule has 0 amide bonds. The molecule has 1 aromatic rings. The fraction of sp³-hybridized carbons (Fsp3) is 0.333. The molecule has 15 heavy (non-hydrogen) atoms. The van der Waals surface area contributed by atoms with E-state index in [9.17, 15) is 0 Å². The van der Waals surface area contributed by atoms with Crippen LogP contribution in [0.1, 0.15) is 5.56 Å². The van der Waals surface area contributed by atoms with Crippen molar-refractivity contribution in [3.05, 3.63) is 47.5 Å². The Morgan fingerprint density at radius 3 is 2.53 bits per heavy atom. The number of nitrogens with zero attached hydrogens (tertiary/aromatic N) is 1. The molecule has 0 fully saturated rings. The molecule has 1 aromatic carbocycles. The number of hydrogen-bond acceptors (Lipinski definition) is 2. The van der Waals surface area contributed by atoms with Gasteiger partial charge in [-0.05, 0) is 17.7 Å². The average molecular weight is 226 g/mol. The van der Waals surface area contributed by atoms with Crippen molar-refractivity contribution >= 4 is 11.6 Å². The topological polar surface area (TPSA) is 23.5 Å². The van der Waals surface area contributed by atoms with E-state index in [4.69, 9.17) is 16.7 Å². The molecule has 0 radical (unpaired) electrons. The highest BCUT2D eigenvalue weighted by atomic mass is 35.5. The van der Waals surface area contributed by atoms with Crippen LogP contribution < -0.4 is 0 Å². The molecule has 1 N–H and O–H groups in total. The highest BCUT2D eigenvalue weighted by molar-refractivity contribution is 6.30. The zero-order valence-electron chi connectivity index (χ0n) is 8.69. The molecule has 0 heterocycles. The third-order valence-electron chi connectivity index (χ3n) is 2.12. The quantitative estimate of drug-likeness (QED) is 0.752. The Hall–Kier alpha value is -0.830. The predicted molar refractivity (Wildman–Crippen MR) is 64.0 cm³/mol. The van der Waals surface area contributed by atoms with E-state index in [-0.39, 0.29) is 6.61 Å². The van der Waals surface area contributed by atoms with E-state index in [1.165, 1.54) is 5.56 Å². The van der Waals surface area contributed by atoms with Crippen molar-refractivity contribution in [2.75, 3.05) is 19.7 Å². The summed E-state index contributed by atoms with van der Waals surface area (Å²) in [6, 6.07) is 7.75. The van der Waals surface area contributed by atoms with Crippen LogP contribution in [0.15, 0.2) is 36.9 Å². The zero-order valence-corrected chi connectivity index (χ0v) is 9.45. The molecule has 1 rings (SSSR count). The van der Waals surface area contributed by atoms with Gasteiger partial charge in [-0.2, -0.15) is 0 Å². The minimum absolute atomic E-state index is 0.168. The summed E-state index contributed by atoms with van der Waals surface area (Å²) in [7, 11) is 0. The van der Waals surface area contributed by atoms with E-state index < -0.39 is 0 Å². The molecule has 0 aliphatic carbocycles. The predicted octanol–water partition coefficient (Wildman–Crippen LogP) is 2.32. The summed E-state index contributed by atoms with van der Waals surface area (Å²) < 4.78 is 0. The minimum atomic E-state index is 0.168. The van der Waals surface area contributed by atoms with Crippen molar-refractivity contribution < 1.29 is 5.11 Å². The largest absolute Gasteiger partial charge is 0.395 e. The first-order valence-corrected chi connectivity index (χ1v) is 5.32. The van der Waals surface area contributed by atoms with Gasteiger partial charge in [-0.25, -0.2) is 0 Å². The fourth-order valence-electron chi connectivity index (χ4n) is 1.41. The van der Waals surface area contributed by atoms with Gasteiger partial charge >= 0.3 is 0 Å². The molecular weight excluding hydrogens is 210 g/mol. The molecule has 0 saturated carbocycles. The lowest BCUT2D eigenvalue weighted by molar-refractivity contribution is 0.203. The van der Waals surface area contributed by atoms with Gasteiger partial charge in [0.15, 0.2) is 0 Å². The van der Waals surface area contributed by atoms with Crippen LogP contribution in [0.3, 0.4) is 0 Å². The Bertz CT molecular complexity index is 297. The molecule has 0 spiro atoms. The second kappa shape index (κ2) is 6.62. The van der Waals surface area contributed by atoms with Crippen LogP contribution in [0.5, 0.6) is 0 Å². The molecular formula is C12H16ClNO. The number of aliphatic hydroxyl groups excluding tert-OH is 1. The highest BCUT2D eigenvalue weighted by Crippen LogP contribution is 2.11. The molecule has 2 nitrogen and oxygen atoms in total. The van der Waals surface area contributed by atoms with Gasteiger partial charge in [0.2, 0.25) is 0 Å². The molecule has 0 aliphatic heterocycles. The third kappa shape index (κ3) is 4.47. The minimum Gasteiger partial charge on any atom is -0.395 e. The maximum absolute atomic E-state index is 8.89. The molecule has 0 atom stereocenters. The van der Waals surface area contributed by atoms with E-state index in [0.29, 0.717) is 6.54 Å². The first-order valence-electron chi connectivity index (χ1n) is 4.95. The lowest BCUT2D eigenvalue weighted by Crippen LogP contribution is -2.26. The van der Waals surface area contributed by atoms with Crippen molar-refractivity contribution in [3.63, 3.8) is 0 Å². The van der Waals surface area contributed by atoms with Gasteiger partial charge in [-0.1, -0.05) is 29.8 Å². The van der Waals surface area contributed by atoms with Crippen molar-refractivity contribution in [1.29, 1.82) is 0 Å². The lowest BCUT2D eigenvalue weighted by atomic mass is 10.2. The van der Waals surface area contributed by atoms with E-state index >= 15 is 0 Å². The molecule has 82 valence electrons. The van der Waals surface area contributed by atoms with Gasteiger partial charge in [-0.15, -0.1) is 6.58 Å². The van der Waals surface area contributed by atoms with Gasteiger partial charge in [0.1, 0.15) is 0 Å². The van der Waals surface area contributed by atoms with Crippen LogP contribution in [0.4, 0.5) is 0 Å². The van der Waals surface area contributed by atoms with Crippen molar-refractivity contribution in [3.8, 4) is 0 Å². The monoisotopic (exact) mass is 225 g/mol. The first-order chi connectivity index (χ1) is 7.26. The molecule has 0 unspecified atom stereocenters. The van der Waals surface area contributed by atoms with E-state index in [2.05, 4.69) is 11.5 Å². The van der Waals surface area contributed by atoms with Crippen LogP contribution >= 0.6 is 11.6 Å². The van der Waals surface area contributed by atoms with Crippen molar-refractivity contribution in [1.82, 2.24) is 4.90 Å². The normalized spacial score (nSPS) is 10.6. The van der Waals surface area contributed by atoms with Gasteiger partial charge < -0.3 is 5.11 Å². The van der Waals surface area contributed by atoms with Crippen LogP contribution in [0.2, 0.25) is 5.02 Å². The molecule has 0 aromatic heterocycles. The molecule has 0 bridgehead atoms. The molecule has 3 heteroatoms. The van der Waals surface area contributed by atoms with Crippen LogP contribution in [0, 0.1) is 0 Å². The van der Waals surface area contributed by atoms with E-state index in [1.807, 2.05) is 30.3 Å². The fourth-order valence-corrected chi connectivity index (χ4v) is 1.53. The van der Waals surface area contributed by atoms with Crippen LogP contribution in [-0.2, 0) is 6.54 Å². The Labute approximate surface area is 95.8 Å². The Balaban J connectivity index is 2.56. The van der Waals surface area contributed by atoms with E-state index in [0.717, 1.165) is 18.1 Å². The first kappa shape index (κ1) is 12.2. The Morgan fingerprint density at radius 2 is 2.00 bits per heavy atom. The average Bonchev–Trinajstić information content (AvgIpc) is 2.22. The summed E-state index contributed by atoms with van der Waals surface area (Å²) in [5.41, 5.74) is 1.19. The van der Waals surface area contributed by atoms with Gasteiger partial charge in [0.05, 0.1) is 6.61 Å². The lowest BCUT2D eigenvalue weighted by Gasteiger charge is -2.19. The van der Waals surface area contributed by atoms with Crippen molar-refractivity contribution in [2.24, 2.45) is 0 Å². The second-order valence-corrected chi connectivity index (χ2v) is 3.81. The number of halogens is 1. The Kier molecular flexibility index (Phi) is 5.40. The highest BCUT2D eigenvalue weighted by Gasteiger charge is 2.02. The van der Waals surface area contributed by atoms with Crippen LogP contribution in [-0.4, -0.2) is 29.7 Å². The summed E-state index contributed by atoms with van der Waals surface area (Å²) in [6.07, 6.45) is 1.84. The maximum Gasteiger partial charge on any atom is 0.0558 e. The SMILES string of the molecule is C=CCN(CCO)Cc1ccc(Cl)cc1. The Morgan fingerprint density at radius 1 is 1.33 bits per heavy atom. The number of rotatable bonds is 6. The standard InChI is InChI=1S/C12H16ClNO/c1-2-7-14(8-9-15)10-11-3-5-12(13)6-4-11/h2-6,15H,1,7-10H2. The number of hydrogen-bond donors (Lipinski definition) is 1. The third-order valence-corrected chi connectivity index (χ3v) is 2.37. The van der Waals surface area contributed by atoms with Crippen LogP contribution in [0.25, 0.3) is 0 Å².